The first-order valence-electron chi connectivity index (χ1n) is 6.50. The Bertz CT molecular complexity index is 371. The third-order valence-electron chi connectivity index (χ3n) is 2.72. The van der Waals surface area contributed by atoms with Gasteiger partial charge in [-0.25, -0.2) is 0 Å². The highest BCUT2D eigenvalue weighted by atomic mass is 16.5. The number of benzene rings is 1. The molecule has 3 nitrogen and oxygen atoms in total. The molecule has 1 atom stereocenters. The van der Waals surface area contributed by atoms with E-state index in [9.17, 15) is 4.79 Å². The molecule has 0 aromatic heterocycles. The summed E-state index contributed by atoms with van der Waals surface area (Å²) in [6, 6.07) is 7.71. The van der Waals surface area contributed by atoms with Crippen molar-refractivity contribution < 1.29 is 9.53 Å². The quantitative estimate of drug-likeness (QED) is 0.841. The summed E-state index contributed by atoms with van der Waals surface area (Å²) in [5.74, 6) is 1.27. The average molecular weight is 249 g/mol. The second-order valence-electron chi connectivity index (χ2n) is 5.05. The summed E-state index contributed by atoms with van der Waals surface area (Å²) in [5, 5.41) is 2.88. The van der Waals surface area contributed by atoms with E-state index in [4.69, 9.17) is 4.74 Å². The van der Waals surface area contributed by atoms with Crippen LogP contribution >= 0.6 is 0 Å². The van der Waals surface area contributed by atoms with Crippen molar-refractivity contribution in [1.29, 1.82) is 0 Å². The summed E-state index contributed by atoms with van der Waals surface area (Å²) in [6.07, 6.45) is 0.531. The van der Waals surface area contributed by atoms with Gasteiger partial charge in [0.2, 0.25) is 0 Å². The number of rotatable bonds is 6. The maximum atomic E-state index is 11.8. The van der Waals surface area contributed by atoms with Crippen LogP contribution in [0, 0.1) is 12.8 Å². The van der Waals surface area contributed by atoms with Crippen molar-refractivity contribution in [3.63, 3.8) is 0 Å². The lowest BCUT2D eigenvalue weighted by Crippen LogP contribution is -2.37. The molecular weight excluding hydrogens is 226 g/mol. The van der Waals surface area contributed by atoms with Crippen LogP contribution in [-0.2, 0) is 4.79 Å². The Morgan fingerprint density at radius 1 is 1.22 bits per heavy atom. The van der Waals surface area contributed by atoms with Gasteiger partial charge in [0.25, 0.3) is 5.91 Å². The summed E-state index contributed by atoms with van der Waals surface area (Å²) in [5.41, 5.74) is 1.18. The van der Waals surface area contributed by atoms with Crippen molar-refractivity contribution in [3.05, 3.63) is 29.8 Å². The minimum atomic E-state index is -0.458. The Morgan fingerprint density at radius 3 is 2.39 bits per heavy atom. The summed E-state index contributed by atoms with van der Waals surface area (Å²) < 4.78 is 5.58. The molecule has 0 fully saturated rings. The summed E-state index contributed by atoms with van der Waals surface area (Å²) >= 11 is 0. The van der Waals surface area contributed by atoms with Gasteiger partial charge in [0, 0.05) is 6.54 Å². The van der Waals surface area contributed by atoms with Crippen molar-refractivity contribution in [2.45, 2.75) is 40.2 Å². The van der Waals surface area contributed by atoms with E-state index in [1.807, 2.05) is 31.2 Å². The fraction of sp³-hybridized carbons (Fsp3) is 0.533. The zero-order valence-corrected chi connectivity index (χ0v) is 11.7. The molecule has 1 aromatic carbocycles. The first-order valence-corrected chi connectivity index (χ1v) is 6.50. The highest BCUT2D eigenvalue weighted by Crippen LogP contribution is 2.13. The van der Waals surface area contributed by atoms with Gasteiger partial charge in [-0.1, -0.05) is 31.5 Å². The van der Waals surface area contributed by atoms with Crippen molar-refractivity contribution >= 4 is 5.91 Å². The molecule has 0 saturated heterocycles. The first kappa shape index (κ1) is 14.6. The number of aryl methyl sites for hydroxylation is 1. The lowest BCUT2D eigenvalue weighted by molar-refractivity contribution is -0.127. The second-order valence-corrected chi connectivity index (χ2v) is 5.05. The van der Waals surface area contributed by atoms with E-state index in [0.717, 1.165) is 12.2 Å². The number of hydrogen-bond acceptors (Lipinski definition) is 2. The van der Waals surface area contributed by atoms with E-state index in [1.165, 1.54) is 5.56 Å². The number of ether oxygens (including phenoxy) is 1. The van der Waals surface area contributed by atoms with Crippen molar-refractivity contribution in [2.24, 2.45) is 5.92 Å². The molecule has 1 amide bonds. The largest absolute Gasteiger partial charge is 0.481 e. The highest BCUT2D eigenvalue weighted by molar-refractivity contribution is 5.80. The third-order valence-corrected chi connectivity index (χ3v) is 2.72. The van der Waals surface area contributed by atoms with Gasteiger partial charge in [0.05, 0.1) is 0 Å². The molecule has 0 saturated carbocycles. The number of hydrogen-bond donors (Lipinski definition) is 1. The van der Waals surface area contributed by atoms with Crippen molar-refractivity contribution in [1.82, 2.24) is 5.32 Å². The maximum absolute atomic E-state index is 11.8. The molecule has 0 aliphatic carbocycles. The molecule has 1 rings (SSSR count). The Balaban J connectivity index is 2.37. The fourth-order valence-electron chi connectivity index (χ4n) is 1.50. The number of nitrogens with one attached hydrogen (secondary N) is 1. The van der Waals surface area contributed by atoms with Crippen LogP contribution in [0.15, 0.2) is 24.3 Å². The Labute approximate surface area is 110 Å². The zero-order chi connectivity index (χ0) is 13.5. The topological polar surface area (TPSA) is 38.3 Å². The molecule has 0 aliphatic rings. The lowest BCUT2D eigenvalue weighted by Gasteiger charge is -2.15. The van der Waals surface area contributed by atoms with Gasteiger partial charge in [-0.05, 0) is 38.3 Å². The Kier molecular flexibility index (Phi) is 5.69. The zero-order valence-electron chi connectivity index (χ0n) is 11.7. The molecule has 0 heterocycles. The predicted molar refractivity (Wildman–Crippen MR) is 73.7 cm³/mol. The van der Waals surface area contributed by atoms with Gasteiger partial charge in [-0.3, -0.25) is 4.79 Å². The molecule has 0 aliphatic heterocycles. The lowest BCUT2D eigenvalue weighted by atomic mass is 10.1. The van der Waals surface area contributed by atoms with Gasteiger partial charge in [0.1, 0.15) is 5.75 Å². The molecule has 0 bridgehead atoms. The normalized spacial score (nSPS) is 12.3. The van der Waals surface area contributed by atoms with Gasteiger partial charge in [-0.2, -0.15) is 0 Å². The van der Waals surface area contributed by atoms with Crippen LogP contribution in [0.3, 0.4) is 0 Å². The Morgan fingerprint density at radius 2 is 1.83 bits per heavy atom. The minimum absolute atomic E-state index is 0.0591. The van der Waals surface area contributed by atoms with E-state index < -0.39 is 6.10 Å². The average Bonchev–Trinajstić information content (AvgIpc) is 2.31. The molecular formula is C15H23NO2. The smallest absolute Gasteiger partial charge is 0.260 e. The second kappa shape index (κ2) is 7.04. The molecule has 0 spiro atoms. The van der Waals surface area contributed by atoms with Crippen LogP contribution in [0.5, 0.6) is 5.75 Å². The molecule has 1 N–H and O–H groups in total. The van der Waals surface area contributed by atoms with E-state index in [1.54, 1.807) is 6.92 Å². The van der Waals surface area contributed by atoms with Crippen LogP contribution in [0.25, 0.3) is 0 Å². The standard InChI is InChI=1S/C15H23NO2/c1-11(2)9-10-16-15(17)13(4)18-14-7-5-12(3)6-8-14/h5-8,11,13H,9-10H2,1-4H3,(H,16,17)/t13-/m1/s1. The maximum Gasteiger partial charge on any atom is 0.260 e. The van der Waals surface area contributed by atoms with Gasteiger partial charge < -0.3 is 10.1 Å². The van der Waals surface area contributed by atoms with Crippen LogP contribution < -0.4 is 10.1 Å². The molecule has 1 aromatic rings. The molecule has 0 unspecified atom stereocenters. The van der Waals surface area contributed by atoms with Gasteiger partial charge in [-0.15, -0.1) is 0 Å². The number of carbonyl (C=O) groups excluding carboxylic acids is 1. The van der Waals surface area contributed by atoms with E-state index in [0.29, 0.717) is 12.5 Å². The van der Waals surface area contributed by atoms with Crippen LogP contribution in [0.2, 0.25) is 0 Å². The van der Waals surface area contributed by atoms with Crippen LogP contribution in [0.1, 0.15) is 32.8 Å². The summed E-state index contributed by atoms with van der Waals surface area (Å²) in [7, 11) is 0. The van der Waals surface area contributed by atoms with Crippen LogP contribution in [0.4, 0.5) is 0 Å². The SMILES string of the molecule is Cc1ccc(O[C@H](C)C(=O)NCCC(C)C)cc1. The van der Waals surface area contributed by atoms with Gasteiger partial charge in [0.15, 0.2) is 6.10 Å². The van der Waals surface area contributed by atoms with Gasteiger partial charge >= 0.3 is 0 Å². The Hall–Kier alpha value is -1.51. The van der Waals surface area contributed by atoms with Crippen LogP contribution in [-0.4, -0.2) is 18.6 Å². The molecule has 100 valence electrons. The summed E-state index contributed by atoms with van der Waals surface area (Å²) in [6.45, 7) is 8.77. The number of carbonyl (C=O) groups is 1. The predicted octanol–water partition coefficient (Wildman–Crippen LogP) is 2.92. The third kappa shape index (κ3) is 5.21. The summed E-state index contributed by atoms with van der Waals surface area (Å²) in [4.78, 5) is 11.8. The minimum Gasteiger partial charge on any atom is -0.481 e. The van der Waals surface area contributed by atoms with E-state index >= 15 is 0 Å². The van der Waals surface area contributed by atoms with Crippen molar-refractivity contribution in [2.75, 3.05) is 6.54 Å². The highest BCUT2D eigenvalue weighted by Gasteiger charge is 2.13. The fourth-order valence-corrected chi connectivity index (χ4v) is 1.50. The molecule has 0 radical (unpaired) electrons. The molecule has 3 heteroatoms. The van der Waals surface area contributed by atoms with E-state index in [-0.39, 0.29) is 5.91 Å². The first-order chi connectivity index (χ1) is 8.49. The van der Waals surface area contributed by atoms with Crippen molar-refractivity contribution in [3.8, 4) is 5.75 Å². The molecule has 18 heavy (non-hydrogen) atoms. The number of amides is 1. The monoisotopic (exact) mass is 249 g/mol. The van der Waals surface area contributed by atoms with E-state index in [2.05, 4.69) is 19.2 Å².